The van der Waals surface area contributed by atoms with Crippen LogP contribution in [-0.2, 0) is 24.5 Å². The van der Waals surface area contributed by atoms with E-state index in [0.717, 1.165) is 68.2 Å². The maximum Gasteiger partial charge on any atom is 0.500 e. The van der Waals surface area contributed by atoms with E-state index in [-0.39, 0.29) is 5.91 Å². The molecule has 0 aliphatic rings. The summed E-state index contributed by atoms with van der Waals surface area (Å²) in [5, 5.41) is 11.8. The molecule has 0 fully saturated rings. The van der Waals surface area contributed by atoms with Gasteiger partial charge in [-0.25, -0.2) is 0 Å². The van der Waals surface area contributed by atoms with Crippen molar-refractivity contribution in [3.8, 4) is 5.75 Å². The molecule has 2 rings (SSSR count). The van der Waals surface area contributed by atoms with E-state index < -0.39 is 8.80 Å². The Morgan fingerprint density at radius 2 is 1.14 bits per heavy atom. The van der Waals surface area contributed by atoms with Gasteiger partial charge >= 0.3 is 8.80 Å². The van der Waals surface area contributed by atoms with Crippen molar-refractivity contribution >= 4 is 26.1 Å². The van der Waals surface area contributed by atoms with E-state index in [1.807, 2.05) is 57.2 Å². The molecule has 1 amide bonds. The second-order valence-corrected chi connectivity index (χ2v) is 15.5. The number of benzene rings is 2. The minimum Gasteiger partial charge on any atom is -0.494 e. The van der Waals surface area contributed by atoms with Crippen LogP contribution in [0.15, 0.2) is 58.8 Å². The Hall–Kier alpha value is -2.59. The molecule has 2 aromatic carbocycles. The van der Waals surface area contributed by atoms with Gasteiger partial charge in [0.1, 0.15) is 5.75 Å². The summed E-state index contributed by atoms with van der Waals surface area (Å²) in [6, 6.07) is 17.0. The zero-order valence-corrected chi connectivity index (χ0v) is 32.3. The third-order valence-electron chi connectivity index (χ3n) is 8.51. The molecular formula is C40H67N3O5Si. The van der Waals surface area contributed by atoms with Crippen molar-refractivity contribution in [1.29, 1.82) is 0 Å². The monoisotopic (exact) mass is 697 g/mol. The molecule has 0 aliphatic heterocycles. The van der Waals surface area contributed by atoms with Gasteiger partial charge in [-0.1, -0.05) is 76.8 Å². The molecule has 0 atom stereocenters. The van der Waals surface area contributed by atoms with E-state index >= 15 is 0 Å². The second-order valence-electron chi connectivity index (χ2n) is 12.7. The highest BCUT2D eigenvalue weighted by Crippen LogP contribution is 2.23. The molecule has 0 saturated heterocycles. The fourth-order valence-electron chi connectivity index (χ4n) is 5.81. The van der Waals surface area contributed by atoms with Gasteiger partial charge in [-0.2, -0.15) is 10.2 Å². The maximum absolute atomic E-state index is 12.2. The van der Waals surface area contributed by atoms with E-state index in [0.29, 0.717) is 32.8 Å². The first-order chi connectivity index (χ1) is 24.0. The predicted octanol–water partition coefficient (Wildman–Crippen LogP) is 11.4. The molecule has 49 heavy (non-hydrogen) atoms. The van der Waals surface area contributed by atoms with Crippen LogP contribution in [0.3, 0.4) is 0 Å². The summed E-state index contributed by atoms with van der Waals surface area (Å²) in [5.41, 5.74) is 3.02. The Kier molecular flexibility index (Phi) is 24.5. The largest absolute Gasteiger partial charge is 0.500 e. The number of unbranched alkanes of at least 4 members (excludes halogenated alkanes) is 12. The molecule has 0 radical (unpaired) electrons. The van der Waals surface area contributed by atoms with Gasteiger partial charge in [0.15, 0.2) is 0 Å². The van der Waals surface area contributed by atoms with E-state index in [4.69, 9.17) is 18.0 Å². The maximum atomic E-state index is 12.2. The van der Waals surface area contributed by atoms with Crippen LogP contribution in [0.25, 0.3) is 0 Å². The molecule has 0 unspecified atom stereocenters. The quantitative estimate of drug-likeness (QED) is 0.0481. The smallest absolute Gasteiger partial charge is 0.494 e. The highest BCUT2D eigenvalue weighted by molar-refractivity contribution is 6.60. The summed E-state index contributed by atoms with van der Waals surface area (Å²) in [6.45, 7) is 11.6. The molecule has 0 heterocycles. The number of rotatable bonds is 31. The van der Waals surface area contributed by atoms with Gasteiger partial charge in [0.25, 0.3) is 0 Å². The first-order valence-electron chi connectivity index (χ1n) is 19.5. The average Bonchev–Trinajstić information content (AvgIpc) is 3.11. The Morgan fingerprint density at radius 1 is 0.612 bits per heavy atom. The molecule has 1 N–H and O–H groups in total. The van der Waals surface area contributed by atoms with Crippen molar-refractivity contribution in [3.05, 3.63) is 54.1 Å². The minimum absolute atomic E-state index is 0.165. The Bertz CT molecular complexity index is 1100. The molecule has 2 aromatic rings. The summed E-state index contributed by atoms with van der Waals surface area (Å²) in [6.07, 6.45) is 19.1. The number of hydrogen-bond acceptors (Lipinski definition) is 7. The lowest BCUT2D eigenvalue weighted by atomic mass is 10.1. The number of carbonyl (C=O) groups is 1. The van der Waals surface area contributed by atoms with Gasteiger partial charge in [0.2, 0.25) is 5.91 Å². The van der Waals surface area contributed by atoms with Crippen LogP contribution < -0.4 is 10.1 Å². The standard InChI is InChI=1S/C40H67N3O5Si/c1-5-9-18-23-36-25-27-37(28-26-36)42-43-38-29-31-39(32-30-38)45-34-21-17-19-24-40(44)41-33-20-15-13-11-10-12-14-16-22-35-49(46-6-2,47-7-3)48-8-4/h25-32H,5-24,33-35H2,1-4H3,(H,41,44). The fraction of sp³-hybridized carbons (Fsp3) is 0.675. The van der Waals surface area contributed by atoms with Crippen molar-refractivity contribution in [2.24, 2.45) is 10.2 Å². The molecule has 0 saturated carbocycles. The van der Waals surface area contributed by atoms with Crippen LogP contribution in [0.1, 0.15) is 136 Å². The molecule has 9 heteroatoms. The third-order valence-corrected chi connectivity index (χ3v) is 11.7. The number of aryl methyl sites for hydroxylation is 1. The minimum atomic E-state index is -2.48. The summed E-state index contributed by atoms with van der Waals surface area (Å²) >= 11 is 0. The molecule has 0 aliphatic carbocycles. The lowest BCUT2D eigenvalue weighted by Gasteiger charge is -2.28. The number of carbonyl (C=O) groups excluding carboxylic acids is 1. The summed E-state index contributed by atoms with van der Waals surface area (Å²) in [5.74, 6) is 0.994. The Labute approximate surface area is 299 Å². The normalized spacial score (nSPS) is 11.8. The molecule has 0 bridgehead atoms. The number of amides is 1. The van der Waals surface area contributed by atoms with Gasteiger partial charge in [0, 0.05) is 38.8 Å². The third kappa shape index (κ3) is 20.6. The number of nitrogens with one attached hydrogen (secondary N) is 1. The van der Waals surface area contributed by atoms with E-state index in [1.165, 1.54) is 69.8 Å². The van der Waals surface area contributed by atoms with Crippen molar-refractivity contribution in [3.63, 3.8) is 0 Å². The Balaban J connectivity index is 1.41. The van der Waals surface area contributed by atoms with Gasteiger partial charge in [-0.15, -0.1) is 0 Å². The van der Waals surface area contributed by atoms with Gasteiger partial charge in [-0.3, -0.25) is 4.79 Å². The molecule has 0 aromatic heterocycles. The highest BCUT2D eigenvalue weighted by atomic mass is 28.4. The van der Waals surface area contributed by atoms with Gasteiger partial charge in [0.05, 0.1) is 18.0 Å². The van der Waals surface area contributed by atoms with E-state index in [2.05, 4.69) is 34.6 Å². The molecular weight excluding hydrogens is 631 g/mol. The number of azo groups is 1. The lowest BCUT2D eigenvalue weighted by Crippen LogP contribution is -2.45. The number of ether oxygens (including phenoxy) is 1. The van der Waals surface area contributed by atoms with Crippen LogP contribution in [0, 0.1) is 0 Å². The van der Waals surface area contributed by atoms with Crippen molar-refractivity contribution < 1.29 is 22.8 Å². The predicted molar refractivity (Wildman–Crippen MR) is 204 cm³/mol. The fourth-order valence-corrected chi connectivity index (χ4v) is 8.49. The first-order valence-corrected chi connectivity index (χ1v) is 21.4. The SMILES string of the molecule is CCCCCc1ccc(N=Nc2ccc(OCCCCCC(=O)NCCCCCCCCCCC[Si](OCC)(OCC)OCC)cc2)cc1. The molecule has 8 nitrogen and oxygen atoms in total. The number of nitrogens with zero attached hydrogens (tertiary/aromatic N) is 2. The summed E-state index contributed by atoms with van der Waals surface area (Å²) < 4.78 is 23.7. The van der Waals surface area contributed by atoms with E-state index in [9.17, 15) is 4.79 Å². The van der Waals surface area contributed by atoms with Crippen LogP contribution in [0.2, 0.25) is 6.04 Å². The van der Waals surface area contributed by atoms with Crippen LogP contribution in [0.4, 0.5) is 11.4 Å². The van der Waals surface area contributed by atoms with Crippen molar-refractivity contribution in [2.45, 2.75) is 143 Å². The van der Waals surface area contributed by atoms with Gasteiger partial charge in [-0.05, 0) is 108 Å². The summed E-state index contributed by atoms with van der Waals surface area (Å²) in [4.78, 5) is 12.2. The van der Waals surface area contributed by atoms with Gasteiger partial charge < -0.3 is 23.3 Å². The highest BCUT2D eigenvalue weighted by Gasteiger charge is 2.39. The molecule has 0 spiro atoms. The second kappa shape index (κ2) is 28.1. The van der Waals surface area contributed by atoms with E-state index in [1.54, 1.807) is 0 Å². The van der Waals surface area contributed by atoms with Crippen LogP contribution in [-0.4, -0.2) is 47.7 Å². The zero-order valence-electron chi connectivity index (χ0n) is 31.3. The zero-order chi connectivity index (χ0) is 35.3. The first kappa shape index (κ1) is 42.6. The molecule has 276 valence electrons. The van der Waals surface area contributed by atoms with Crippen molar-refractivity contribution in [1.82, 2.24) is 5.32 Å². The average molecular weight is 698 g/mol. The lowest BCUT2D eigenvalue weighted by molar-refractivity contribution is -0.121. The number of hydrogen-bond donors (Lipinski definition) is 1. The topological polar surface area (TPSA) is 90.7 Å². The van der Waals surface area contributed by atoms with Crippen LogP contribution >= 0.6 is 0 Å². The van der Waals surface area contributed by atoms with Crippen molar-refractivity contribution in [2.75, 3.05) is 33.0 Å². The Morgan fingerprint density at radius 3 is 1.71 bits per heavy atom. The van der Waals surface area contributed by atoms with Crippen LogP contribution in [0.5, 0.6) is 5.75 Å². The summed E-state index contributed by atoms with van der Waals surface area (Å²) in [7, 11) is -2.48.